The van der Waals surface area contributed by atoms with Gasteiger partial charge in [-0.25, -0.2) is 4.79 Å². The van der Waals surface area contributed by atoms with Crippen molar-refractivity contribution in [3.8, 4) is 0 Å². The van der Waals surface area contributed by atoms with Gasteiger partial charge in [0.05, 0.1) is 10.3 Å². The first-order valence-electron chi connectivity index (χ1n) is 8.21. The van der Waals surface area contributed by atoms with E-state index in [0.29, 0.717) is 0 Å². The van der Waals surface area contributed by atoms with Crippen LogP contribution in [0.3, 0.4) is 0 Å². The first-order valence-corrected chi connectivity index (χ1v) is 9.41. The summed E-state index contributed by atoms with van der Waals surface area (Å²) in [4.78, 5) is 23.4. The van der Waals surface area contributed by atoms with Gasteiger partial charge in [0.15, 0.2) is 0 Å². The van der Waals surface area contributed by atoms with Crippen LogP contribution in [0.15, 0.2) is 6.07 Å². The summed E-state index contributed by atoms with van der Waals surface area (Å²) in [6.45, 7) is 6.56. The summed E-state index contributed by atoms with van der Waals surface area (Å²) in [5.74, 6) is -3.55. The Labute approximate surface area is 163 Å². The Bertz CT molecular complexity index is 612. The first-order chi connectivity index (χ1) is 12.5. The van der Waals surface area contributed by atoms with E-state index in [0.717, 1.165) is 55.5 Å². The van der Waals surface area contributed by atoms with E-state index in [1.165, 1.54) is 4.88 Å². The number of carboxylic acid groups (broad SMARTS) is 2. The third-order valence-corrected chi connectivity index (χ3v) is 5.55. The Morgan fingerprint density at radius 3 is 2.30 bits per heavy atom. The van der Waals surface area contributed by atoms with Gasteiger partial charge >= 0.3 is 18.1 Å². The highest BCUT2D eigenvalue weighted by atomic mass is 35.5. The van der Waals surface area contributed by atoms with Crippen LogP contribution in [-0.2, 0) is 16.1 Å². The number of rotatable bonds is 6. The Morgan fingerprint density at radius 2 is 1.89 bits per heavy atom. The molecule has 0 spiro atoms. The summed E-state index contributed by atoms with van der Waals surface area (Å²) in [6.07, 6.45) is -3.54. The number of aryl methyl sites for hydroxylation is 1. The normalized spacial score (nSPS) is 15.9. The average Bonchev–Trinajstić information content (AvgIpc) is 2.90. The van der Waals surface area contributed by atoms with E-state index in [9.17, 15) is 18.0 Å². The average molecular weight is 431 g/mol. The number of nitrogens with zero attached hydrogens (tertiary/aromatic N) is 1. The fourth-order valence-electron chi connectivity index (χ4n) is 2.46. The highest BCUT2D eigenvalue weighted by Crippen LogP contribution is 2.26. The fourth-order valence-corrected chi connectivity index (χ4v) is 3.67. The second-order valence-electron chi connectivity index (χ2n) is 6.10. The predicted molar refractivity (Wildman–Crippen MR) is 96.3 cm³/mol. The Hall–Kier alpha value is -1.36. The van der Waals surface area contributed by atoms with Crippen LogP contribution in [0.2, 0.25) is 4.34 Å². The maximum Gasteiger partial charge on any atom is 0.490 e. The van der Waals surface area contributed by atoms with E-state index < -0.39 is 18.1 Å². The number of hydrogen-bond donors (Lipinski definition) is 3. The van der Waals surface area contributed by atoms with Crippen LogP contribution in [-0.4, -0.2) is 59.4 Å². The molecule has 1 aromatic heterocycles. The molecule has 27 heavy (non-hydrogen) atoms. The quantitative estimate of drug-likeness (QED) is 0.600. The first kappa shape index (κ1) is 23.7. The predicted octanol–water partition coefficient (Wildman–Crippen LogP) is 3.23. The number of nitrogens with one attached hydrogen (secondary N) is 1. The van der Waals surface area contributed by atoms with Crippen molar-refractivity contribution in [3.63, 3.8) is 0 Å². The van der Waals surface area contributed by atoms with Crippen molar-refractivity contribution in [2.24, 2.45) is 5.92 Å². The van der Waals surface area contributed by atoms with Crippen LogP contribution in [0, 0.1) is 12.8 Å². The van der Waals surface area contributed by atoms with E-state index in [2.05, 4.69) is 16.3 Å². The maximum absolute atomic E-state index is 10.9. The van der Waals surface area contributed by atoms with Crippen molar-refractivity contribution in [2.45, 2.75) is 32.5 Å². The van der Waals surface area contributed by atoms with E-state index in [4.69, 9.17) is 26.6 Å². The number of aliphatic carboxylic acids is 2. The summed E-state index contributed by atoms with van der Waals surface area (Å²) in [5, 5.41) is 19.5. The molecule has 1 aromatic rings. The molecule has 0 amide bonds. The van der Waals surface area contributed by atoms with Gasteiger partial charge in [0.2, 0.25) is 0 Å². The lowest BCUT2D eigenvalue weighted by molar-refractivity contribution is -0.192. The van der Waals surface area contributed by atoms with Crippen LogP contribution in [0.4, 0.5) is 13.2 Å². The molecule has 0 bridgehead atoms. The summed E-state index contributed by atoms with van der Waals surface area (Å²) in [6, 6.07) is 2.12. The third kappa shape index (κ3) is 8.91. The lowest BCUT2D eigenvalue weighted by atomic mass is 9.97. The molecule has 2 heterocycles. The van der Waals surface area contributed by atoms with Crippen molar-refractivity contribution < 1.29 is 33.0 Å². The van der Waals surface area contributed by atoms with E-state index in [1.54, 1.807) is 11.3 Å². The molecule has 0 atom stereocenters. The highest BCUT2D eigenvalue weighted by molar-refractivity contribution is 7.16. The van der Waals surface area contributed by atoms with Gasteiger partial charge in [-0.15, -0.1) is 11.3 Å². The van der Waals surface area contributed by atoms with Gasteiger partial charge in [-0.1, -0.05) is 11.6 Å². The molecule has 2 rings (SSSR count). The molecular formula is C16H22ClF3N2O4S. The number of carboxylic acids is 2. The topological polar surface area (TPSA) is 89.9 Å². The van der Waals surface area contributed by atoms with E-state index >= 15 is 0 Å². The smallest absolute Gasteiger partial charge is 0.481 e. The largest absolute Gasteiger partial charge is 0.490 e. The molecule has 1 aliphatic rings. The summed E-state index contributed by atoms with van der Waals surface area (Å²) < 4.78 is 32.6. The van der Waals surface area contributed by atoms with Gasteiger partial charge < -0.3 is 20.4 Å². The van der Waals surface area contributed by atoms with Gasteiger partial charge in [0.1, 0.15) is 0 Å². The van der Waals surface area contributed by atoms with Crippen molar-refractivity contribution >= 4 is 34.9 Å². The maximum atomic E-state index is 10.9. The minimum Gasteiger partial charge on any atom is -0.481 e. The molecule has 6 nitrogen and oxygen atoms in total. The number of hydrogen-bond acceptors (Lipinski definition) is 5. The van der Waals surface area contributed by atoms with Crippen LogP contribution in [0.25, 0.3) is 0 Å². The molecular weight excluding hydrogens is 409 g/mol. The minimum absolute atomic E-state index is 0.143. The zero-order valence-corrected chi connectivity index (χ0v) is 16.3. The zero-order chi connectivity index (χ0) is 20.6. The standard InChI is InChI=1S/C14H21ClN2O2S.C2HF3O2/c1-10-8-12(20-13(10)15)9-16-4-7-17-5-2-11(3-6-17)14(18)19;3-2(4,5)1(6)7/h8,11,16H,2-7,9H2,1H3,(H,18,19);(H,6,7). The monoisotopic (exact) mass is 430 g/mol. The van der Waals surface area contributed by atoms with Gasteiger partial charge in [-0.3, -0.25) is 4.79 Å². The van der Waals surface area contributed by atoms with Crippen molar-refractivity contribution in [3.05, 3.63) is 20.8 Å². The van der Waals surface area contributed by atoms with Gasteiger partial charge in [0.25, 0.3) is 0 Å². The lowest BCUT2D eigenvalue weighted by Gasteiger charge is -2.29. The van der Waals surface area contributed by atoms with Crippen LogP contribution >= 0.6 is 22.9 Å². The number of alkyl halides is 3. The summed E-state index contributed by atoms with van der Waals surface area (Å²) in [7, 11) is 0. The van der Waals surface area contributed by atoms with Crippen molar-refractivity contribution in [1.29, 1.82) is 0 Å². The fraction of sp³-hybridized carbons (Fsp3) is 0.625. The van der Waals surface area contributed by atoms with E-state index in [-0.39, 0.29) is 5.92 Å². The molecule has 1 saturated heterocycles. The molecule has 0 saturated carbocycles. The Morgan fingerprint density at radius 1 is 1.33 bits per heavy atom. The lowest BCUT2D eigenvalue weighted by Crippen LogP contribution is -2.39. The third-order valence-electron chi connectivity index (χ3n) is 3.99. The summed E-state index contributed by atoms with van der Waals surface area (Å²) in [5.41, 5.74) is 1.14. The number of likely N-dealkylation sites (tertiary alicyclic amines) is 1. The van der Waals surface area contributed by atoms with Gasteiger partial charge in [0, 0.05) is 24.5 Å². The van der Waals surface area contributed by atoms with Crippen LogP contribution in [0.5, 0.6) is 0 Å². The highest BCUT2D eigenvalue weighted by Gasteiger charge is 2.38. The van der Waals surface area contributed by atoms with Crippen LogP contribution < -0.4 is 5.32 Å². The minimum atomic E-state index is -5.08. The Balaban J connectivity index is 0.000000445. The number of thiophene rings is 1. The van der Waals surface area contributed by atoms with E-state index in [1.807, 2.05) is 6.92 Å². The van der Waals surface area contributed by atoms with Crippen molar-refractivity contribution in [1.82, 2.24) is 10.2 Å². The molecule has 0 radical (unpaired) electrons. The number of carbonyl (C=O) groups is 2. The molecule has 3 N–H and O–H groups in total. The molecule has 0 aliphatic carbocycles. The van der Waals surface area contributed by atoms with Gasteiger partial charge in [-0.2, -0.15) is 13.2 Å². The molecule has 1 aliphatic heterocycles. The molecule has 154 valence electrons. The second-order valence-corrected chi connectivity index (χ2v) is 7.84. The molecule has 11 heteroatoms. The molecule has 0 aromatic carbocycles. The summed E-state index contributed by atoms with van der Waals surface area (Å²) >= 11 is 7.67. The van der Waals surface area contributed by atoms with Crippen LogP contribution in [0.1, 0.15) is 23.3 Å². The van der Waals surface area contributed by atoms with Gasteiger partial charge in [-0.05, 0) is 44.5 Å². The molecule has 0 unspecified atom stereocenters. The number of halogens is 4. The SMILES string of the molecule is Cc1cc(CNCCN2CCC(C(=O)O)CC2)sc1Cl.O=C(O)C(F)(F)F. The van der Waals surface area contributed by atoms with Crippen molar-refractivity contribution in [2.75, 3.05) is 26.2 Å². The zero-order valence-electron chi connectivity index (χ0n) is 14.7. The number of piperidine rings is 1. The molecule has 1 fully saturated rings. The second kappa shape index (κ2) is 10.8. The Kier molecular flexibility index (Phi) is 9.51.